The fourth-order valence-corrected chi connectivity index (χ4v) is 4.74. The lowest BCUT2D eigenvalue weighted by Gasteiger charge is -2.14. The summed E-state index contributed by atoms with van der Waals surface area (Å²) in [6, 6.07) is 8.28. The molecule has 0 N–H and O–H groups in total. The predicted octanol–water partition coefficient (Wildman–Crippen LogP) is 9.89. The molecule has 0 spiro atoms. The Balaban J connectivity index is 0.000000228. The molecule has 20 heteroatoms. The highest BCUT2D eigenvalue weighted by atomic mass is 19.4. The second-order valence-electron chi connectivity index (χ2n) is 10.6. The predicted molar refractivity (Wildman–Crippen MR) is 167 cm³/mol. The van der Waals surface area contributed by atoms with E-state index in [1.54, 1.807) is 0 Å². The molecule has 9 nitrogen and oxygen atoms in total. The number of alkyl halides is 11. The third kappa shape index (κ3) is 10.3. The summed E-state index contributed by atoms with van der Waals surface area (Å²) in [6.07, 6.45) is -6.99. The summed E-state index contributed by atoms with van der Waals surface area (Å²) < 4.78 is 154. The van der Waals surface area contributed by atoms with Crippen LogP contribution in [0.2, 0.25) is 0 Å². The van der Waals surface area contributed by atoms with Crippen LogP contribution in [0.15, 0.2) is 79.6 Å². The molecule has 6 rings (SSSR count). The van der Waals surface area contributed by atoms with Gasteiger partial charge in [0.05, 0.1) is 53.8 Å². The van der Waals surface area contributed by atoms with Crippen molar-refractivity contribution in [2.24, 2.45) is 0 Å². The van der Waals surface area contributed by atoms with Gasteiger partial charge in [-0.1, -0.05) is 13.8 Å². The number of fused-ring (bicyclic) bond motifs is 2. The minimum absolute atomic E-state index is 0.0230. The van der Waals surface area contributed by atoms with Crippen molar-refractivity contribution in [1.29, 1.82) is 0 Å². The van der Waals surface area contributed by atoms with E-state index in [1.165, 1.54) is 60.6 Å². The number of hydrogen-bond donors (Lipinski definition) is 0. The Bertz CT molecular complexity index is 2140. The van der Waals surface area contributed by atoms with Gasteiger partial charge in [0, 0.05) is 37.6 Å². The van der Waals surface area contributed by atoms with Crippen LogP contribution in [-0.4, -0.2) is 48.6 Å². The van der Waals surface area contributed by atoms with Gasteiger partial charge in [0.2, 0.25) is 5.82 Å². The molecular formula is C33H27F11N6O3. The molecule has 0 saturated heterocycles. The maximum atomic E-state index is 13.7. The van der Waals surface area contributed by atoms with E-state index in [-0.39, 0.29) is 23.5 Å². The molecule has 4 aromatic heterocycles. The molecule has 0 unspecified atom stereocenters. The van der Waals surface area contributed by atoms with E-state index in [1.807, 2.05) is 13.8 Å². The van der Waals surface area contributed by atoms with E-state index < -0.39 is 48.0 Å². The minimum atomic E-state index is -4.83. The Labute approximate surface area is 292 Å². The zero-order chi connectivity index (χ0) is 39.4. The van der Waals surface area contributed by atoms with Gasteiger partial charge in [0.1, 0.15) is 11.5 Å². The van der Waals surface area contributed by atoms with Crippen molar-refractivity contribution in [3.05, 3.63) is 96.9 Å². The molecule has 284 valence electrons. The average molecular weight is 765 g/mol. The Hall–Kier alpha value is -5.53. The van der Waals surface area contributed by atoms with Crippen LogP contribution in [0.4, 0.5) is 48.3 Å². The van der Waals surface area contributed by atoms with Gasteiger partial charge in [0.25, 0.3) is 0 Å². The number of imidazole rings is 2. The van der Waals surface area contributed by atoms with Gasteiger partial charge < -0.3 is 14.2 Å². The van der Waals surface area contributed by atoms with Gasteiger partial charge in [-0.25, -0.2) is 9.97 Å². The molecule has 0 aliphatic carbocycles. The zero-order valence-corrected chi connectivity index (χ0v) is 27.8. The molecule has 4 heterocycles. The SMILES string of the molecule is CC.COCc1cc(OC(F)(F)F)ccc1-c1cn2c(C(C)(F)F)ncc2cn1.FC(F)(F)Oc1ccc(-c2cn3c(C(F)(F)F)ncc3cn2)cc1. The Morgan fingerprint density at radius 1 is 0.604 bits per heavy atom. The molecule has 0 radical (unpaired) electrons. The number of ether oxygens (including phenoxy) is 3. The Morgan fingerprint density at radius 2 is 1.08 bits per heavy atom. The smallest absolute Gasteiger partial charge is 0.406 e. The van der Waals surface area contributed by atoms with Crippen LogP contribution < -0.4 is 9.47 Å². The second-order valence-corrected chi connectivity index (χ2v) is 10.6. The number of hydrogen-bond acceptors (Lipinski definition) is 7. The number of halogens is 11. The van der Waals surface area contributed by atoms with Gasteiger partial charge in [-0.3, -0.25) is 18.8 Å². The summed E-state index contributed by atoms with van der Waals surface area (Å²) in [6.45, 7) is 4.70. The second kappa shape index (κ2) is 15.6. The third-order valence-electron chi connectivity index (χ3n) is 6.74. The summed E-state index contributed by atoms with van der Waals surface area (Å²) in [4.78, 5) is 15.2. The summed E-state index contributed by atoms with van der Waals surface area (Å²) >= 11 is 0. The Morgan fingerprint density at radius 3 is 1.60 bits per heavy atom. The fraction of sp³-hybridized carbons (Fsp3) is 0.273. The molecule has 0 fully saturated rings. The fourth-order valence-electron chi connectivity index (χ4n) is 4.74. The first-order valence-electron chi connectivity index (χ1n) is 15.1. The van der Waals surface area contributed by atoms with Crippen LogP contribution in [0, 0.1) is 0 Å². The lowest BCUT2D eigenvalue weighted by atomic mass is 10.0. The molecule has 0 bridgehead atoms. The average Bonchev–Trinajstić information content (AvgIpc) is 3.70. The highest BCUT2D eigenvalue weighted by Gasteiger charge is 2.36. The van der Waals surface area contributed by atoms with Gasteiger partial charge in [-0.2, -0.15) is 22.0 Å². The Kier molecular flexibility index (Phi) is 11.8. The highest BCUT2D eigenvalue weighted by Crippen LogP contribution is 2.33. The maximum absolute atomic E-state index is 13.7. The number of nitrogens with zero attached hydrogens (tertiary/aromatic N) is 6. The lowest BCUT2D eigenvalue weighted by molar-refractivity contribution is -0.275. The molecule has 0 aliphatic heterocycles. The van der Waals surface area contributed by atoms with E-state index in [9.17, 15) is 48.3 Å². The number of aromatic nitrogens is 6. The molecule has 0 saturated carbocycles. The largest absolute Gasteiger partial charge is 0.573 e. The van der Waals surface area contributed by atoms with Crippen LogP contribution in [-0.2, 0) is 23.4 Å². The quantitative estimate of drug-likeness (QED) is 0.150. The van der Waals surface area contributed by atoms with Crippen LogP contribution in [0.3, 0.4) is 0 Å². The summed E-state index contributed by atoms with van der Waals surface area (Å²) in [5, 5.41) is 0. The molecule has 6 aromatic rings. The van der Waals surface area contributed by atoms with Crippen LogP contribution in [0.1, 0.15) is 38.0 Å². The topological polar surface area (TPSA) is 88.1 Å². The first-order chi connectivity index (χ1) is 24.7. The van der Waals surface area contributed by atoms with E-state index in [0.29, 0.717) is 22.2 Å². The normalized spacial score (nSPS) is 12.2. The van der Waals surface area contributed by atoms with Crippen molar-refractivity contribution in [3.8, 4) is 34.0 Å². The van der Waals surface area contributed by atoms with Gasteiger partial charge in [0.15, 0.2) is 5.82 Å². The first kappa shape index (κ1) is 40.2. The van der Waals surface area contributed by atoms with Crippen LogP contribution in [0.25, 0.3) is 33.5 Å². The zero-order valence-electron chi connectivity index (χ0n) is 27.8. The molecule has 0 aliphatic rings. The van der Waals surface area contributed by atoms with Crippen molar-refractivity contribution in [2.45, 2.75) is 52.2 Å². The lowest BCUT2D eigenvalue weighted by Crippen LogP contribution is -2.17. The van der Waals surface area contributed by atoms with Crippen molar-refractivity contribution in [1.82, 2.24) is 28.7 Å². The van der Waals surface area contributed by atoms with E-state index in [0.717, 1.165) is 41.9 Å². The molecule has 0 amide bonds. The summed E-state index contributed by atoms with van der Waals surface area (Å²) in [7, 11) is 1.38. The van der Waals surface area contributed by atoms with Gasteiger partial charge in [-0.15, -0.1) is 26.3 Å². The van der Waals surface area contributed by atoms with E-state index >= 15 is 0 Å². The standard InChI is InChI=1S/C17H14F5N3O2.C14H7F6N3O.C2H6/c1-16(18,19)15-24-7-11-6-23-14(8-25(11)15)13-4-3-12(27-17(20,21)22)5-10(13)9-26-2;15-13(16,17)12-22-6-9-5-21-11(7-23(9)12)8-1-3-10(4-2-8)24-14(18,19)20;1-2/h3-8H,9H2,1-2H3;1-7H;1-2H3. The van der Waals surface area contributed by atoms with Crippen molar-refractivity contribution < 1.29 is 62.5 Å². The summed E-state index contributed by atoms with van der Waals surface area (Å²) in [5.41, 5.74) is 2.03. The van der Waals surface area contributed by atoms with Gasteiger partial charge in [-0.05, 0) is 48.0 Å². The van der Waals surface area contributed by atoms with Crippen LogP contribution in [0.5, 0.6) is 11.5 Å². The van der Waals surface area contributed by atoms with Crippen molar-refractivity contribution in [3.63, 3.8) is 0 Å². The molecule has 2 aromatic carbocycles. The minimum Gasteiger partial charge on any atom is -0.406 e. The number of rotatable bonds is 7. The monoisotopic (exact) mass is 764 g/mol. The van der Waals surface area contributed by atoms with Crippen LogP contribution >= 0.6 is 0 Å². The van der Waals surface area contributed by atoms with Crippen molar-refractivity contribution in [2.75, 3.05) is 7.11 Å². The first-order valence-corrected chi connectivity index (χ1v) is 15.1. The molecule has 0 atom stereocenters. The molecule has 53 heavy (non-hydrogen) atoms. The van der Waals surface area contributed by atoms with E-state index in [4.69, 9.17) is 4.74 Å². The van der Waals surface area contributed by atoms with Crippen molar-refractivity contribution >= 4 is 11.0 Å². The maximum Gasteiger partial charge on any atom is 0.573 e. The molecular weight excluding hydrogens is 737 g/mol. The number of methoxy groups -OCH3 is 1. The highest BCUT2D eigenvalue weighted by molar-refractivity contribution is 5.66. The summed E-state index contributed by atoms with van der Waals surface area (Å²) in [5.74, 6) is -5.61. The van der Waals surface area contributed by atoms with E-state index in [2.05, 4.69) is 29.4 Å². The third-order valence-corrected chi connectivity index (χ3v) is 6.74. The van der Waals surface area contributed by atoms with Gasteiger partial charge >= 0.3 is 24.8 Å². The number of benzene rings is 2.